The SMILES string of the molecule is CC(CSCc1cccc(OCCF)c1)CC(=O)C(CCO)n1cc(COc2ccc3sc(S(N)(=O)=O)nc3c2)nn1. The maximum Gasteiger partial charge on any atom is 0.265 e. The molecule has 0 aliphatic carbocycles. The van der Waals surface area contributed by atoms with Crippen LogP contribution in [-0.4, -0.2) is 64.9 Å². The van der Waals surface area contributed by atoms with E-state index in [2.05, 4.69) is 15.3 Å². The minimum atomic E-state index is -3.89. The number of aromatic nitrogens is 4. The van der Waals surface area contributed by atoms with Crippen molar-refractivity contribution in [1.82, 2.24) is 20.0 Å². The van der Waals surface area contributed by atoms with Gasteiger partial charge in [0.1, 0.15) is 43.1 Å². The first kappa shape index (κ1) is 31.8. The number of primary sulfonamides is 1. The molecule has 4 rings (SSSR count). The Morgan fingerprint density at radius 3 is 2.79 bits per heavy atom. The zero-order valence-electron chi connectivity index (χ0n) is 22.9. The summed E-state index contributed by atoms with van der Waals surface area (Å²) >= 11 is 2.68. The molecule has 2 heterocycles. The Hall–Kier alpha value is -3.11. The largest absolute Gasteiger partial charge is 0.491 e. The van der Waals surface area contributed by atoms with Crippen LogP contribution in [0, 0.1) is 5.92 Å². The number of thiazole rings is 1. The number of sulfonamides is 1. The van der Waals surface area contributed by atoms with Crippen molar-refractivity contribution in [3.63, 3.8) is 0 Å². The highest BCUT2D eigenvalue weighted by Gasteiger charge is 2.23. The van der Waals surface area contributed by atoms with Crippen LogP contribution in [0.3, 0.4) is 0 Å². The first-order valence-electron chi connectivity index (χ1n) is 13.1. The summed E-state index contributed by atoms with van der Waals surface area (Å²) in [7, 11) is -3.89. The van der Waals surface area contributed by atoms with Crippen LogP contribution in [0.1, 0.15) is 37.1 Å². The van der Waals surface area contributed by atoms with Crippen molar-refractivity contribution in [2.24, 2.45) is 11.1 Å². The van der Waals surface area contributed by atoms with Gasteiger partial charge in [0.25, 0.3) is 10.0 Å². The number of fused-ring (bicyclic) bond motifs is 1. The number of aliphatic hydroxyl groups excluding tert-OH is 1. The molecular weight excluding hydrogens is 606 g/mol. The third-order valence-corrected chi connectivity index (χ3v) is 9.78. The van der Waals surface area contributed by atoms with E-state index in [1.54, 1.807) is 42.2 Å². The fraction of sp³-hybridized carbons (Fsp3) is 0.407. The van der Waals surface area contributed by atoms with Crippen molar-refractivity contribution in [3.05, 3.63) is 59.9 Å². The Balaban J connectivity index is 1.29. The van der Waals surface area contributed by atoms with Gasteiger partial charge < -0.3 is 14.6 Å². The topological polar surface area (TPSA) is 160 Å². The summed E-state index contributed by atoms with van der Waals surface area (Å²) in [6, 6.07) is 11.9. The third-order valence-electron chi connectivity index (χ3n) is 6.09. The molecule has 0 bridgehead atoms. The predicted molar refractivity (Wildman–Crippen MR) is 159 cm³/mol. The number of carbonyl (C=O) groups is 1. The molecule has 15 heteroatoms. The maximum atomic E-state index is 13.2. The lowest BCUT2D eigenvalue weighted by Gasteiger charge is -2.17. The molecule has 226 valence electrons. The number of Topliss-reactive ketones (excluding diaryl/α,β-unsaturated/α-hetero) is 1. The summed E-state index contributed by atoms with van der Waals surface area (Å²) in [6.45, 7) is 1.38. The maximum absolute atomic E-state index is 13.2. The van der Waals surface area contributed by atoms with Gasteiger partial charge in [-0.15, -0.1) is 16.4 Å². The van der Waals surface area contributed by atoms with Gasteiger partial charge in [-0.3, -0.25) is 4.79 Å². The van der Waals surface area contributed by atoms with Gasteiger partial charge >= 0.3 is 0 Å². The highest BCUT2D eigenvalue weighted by Crippen LogP contribution is 2.28. The molecule has 4 aromatic rings. The van der Waals surface area contributed by atoms with Gasteiger partial charge in [0, 0.05) is 31.3 Å². The van der Waals surface area contributed by atoms with Crippen molar-refractivity contribution in [2.45, 2.75) is 42.5 Å². The smallest absolute Gasteiger partial charge is 0.265 e. The number of nitrogens with two attached hydrogens (primary N) is 1. The first-order chi connectivity index (χ1) is 20.2. The molecule has 0 fully saturated rings. The zero-order valence-corrected chi connectivity index (χ0v) is 25.3. The Morgan fingerprint density at radius 2 is 2.02 bits per heavy atom. The third kappa shape index (κ3) is 8.94. The van der Waals surface area contributed by atoms with Crippen LogP contribution in [0.5, 0.6) is 11.5 Å². The quantitative estimate of drug-likeness (QED) is 0.174. The van der Waals surface area contributed by atoms with E-state index < -0.39 is 22.7 Å². The standard InChI is InChI=1S/C27H32FN5O6S3/c1-18(16-40-17-19-3-2-4-21(12-19)38-10-8-28)11-25(35)24(7-9-34)33-14-20(31-32-33)15-39-22-5-6-26-23(13-22)30-27(41-26)42(29,36)37/h2-6,12-14,18,24,34H,7-11,15-17H2,1H3,(H2,29,36,37). The molecule has 11 nitrogen and oxygen atoms in total. The number of hydrogen-bond donors (Lipinski definition) is 2. The highest BCUT2D eigenvalue weighted by molar-refractivity contribution is 7.98. The lowest BCUT2D eigenvalue weighted by atomic mass is 10.00. The van der Waals surface area contributed by atoms with Crippen LogP contribution in [0.25, 0.3) is 10.2 Å². The fourth-order valence-electron chi connectivity index (χ4n) is 4.15. The normalized spacial score (nSPS) is 13.2. The average molecular weight is 638 g/mol. The van der Waals surface area contributed by atoms with Crippen molar-refractivity contribution in [2.75, 3.05) is 25.6 Å². The summed E-state index contributed by atoms with van der Waals surface area (Å²) in [4.78, 5) is 17.2. The molecule has 0 aliphatic heterocycles. The van der Waals surface area contributed by atoms with E-state index in [0.29, 0.717) is 33.8 Å². The van der Waals surface area contributed by atoms with Crippen LogP contribution in [-0.2, 0) is 27.2 Å². The minimum Gasteiger partial charge on any atom is -0.491 e. The number of alkyl halides is 1. The number of thioether (sulfide) groups is 1. The molecular formula is C27H32FN5O6S3. The second-order valence-electron chi connectivity index (χ2n) is 9.64. The molecule has 0 aliphatic rings. The van der Waals surface area contributed by atoms with Gasteiger partial charge in [-0.05, 0) is 41.5 Å². The fourth-order valence-corrected chi connectivity index (χ4v) is 6.84. The Labute approximate surface area is 251 Å². The summed E-state index contributed by atoms with van der Waals surface area (Å²) in [5.74, 6) is 2.63. The van der Waals surface area contributed by atoms with Gasteiger partial charge in [-0.2, -0.15) is 11.8 Å². The van der Waals surface area contributed by atoms with Crippen molar-refractivity contribution >= 4 is 49.1 Å². The number of nitrogens with zero attached hydrogens (tertiary/aromatic N) is 4. The molecule has 2 unspecified atom stereocenters. The second kappa shape index (κ2) is 14.9. The minimum absolute atomic E-state index is 0.0285. The summed E-state index contributed by atoms with van der Waals surface area (Å²) in [5.41, 5.74) is 1.99. The lowest BCUT2D eigenvalue weighted by Crippen LogP contribution is -2.23. The Kier molecular flexibility index (Phi) is 11.3. The van der Waals surface area contributed by atoms with Crippen LogP contribution >= 0.6 is 23.1 Å². The number of ketones is 1. The second-order valence-corrected chi connectivity index (χ2v) is 13.4. The van der Waals surface area contributed by atoms with E-state index in [4.69, 9.17) is 14.6 Å². The first-order valence-corrected chi connectivity index (χ1v) is 16.6. The number of ether oxygens (including phenoxy) is 2. The van der Waals surface area contributed by atoms with Crippen molar-refractivity contribution < 1.29 is 32.2 Å². The van der Waals surface area contributed by atoms with Gasteiger partial charge in [0.05, 0.1) is 16.4 Å². The van der Waals surface area contributed by atoms with E-state index in [0.717, 1.165) is 28.4 Å². The number of aliphatic hydroxyl groups is 1. The molecule has 42 heavy (non-hydrogen) atoms. The van der Waals surface area contributed by atoms with E-state index in [1.807, 2.05) is 25.1 Å². The van der Waals surface area contributed by atoms with E-state index in [1.165, 1.54) is 4.68 Å². The van der Waals surface area contributed by atoms with Gasteiger partial charge in [-0.25, -0.2) is 27.6 Å². The molecule has 2 atom stereocenters. The van der Waals surface area contributed by atoms with E-state index in [9.17, 15) is 22.7 Å². The highest BCUT2D eigenvalue weighted by atomic mass is 32.2. The van der Waals surface area contributed by atoms with Crippen LogP contribution < -0.4 is 14.6 Å². The van der Waals surface area contributed by atoms with E-state index >= 15 is 0 Å². The molecule has 0 radical (unpaired) electrons. The molecule has 0 saturated carbocycles. The molecule has 0 spiro atoms. The monoisotopic (exact) mass is 637 g/mol. The average Bonchev–Trinajstić information content (AvgIpc) is 3.61. The number of carbonyl (C=O) groups excluding carboxylic acids is 1. The van der Waals surface area contributed by atoms with Gasteiger partial charge in [0.2, 0.25) is 4.34 Å². The van der Waals surface area contributed by atoms with Crippen molar-refractivity contribution in [1.29, 1.82) is 0 Å². The molecule has 0 saturated heterocycles. The van der Waals surface area contributed by atoms with Gasteiger partial charge in [-0.1, -0.05) is 24.3 Å². The van der Waals surface area contributed by atoms with Crippen LogP contribution in [0.4, 0.5) is 4.39 Å². The molecule has 3 N–H and O–H groups in total. The van der Waals surface area contributed by atoms with Crippen LogP contribution in [0.15, 0.2) is 53.0 Å². The number of halogens is 1. The number of benzene rings is 2. The predicted octanol–water partition coefficient (Wildman–Crippen LogP) is 3.91. The Bertz CT molecular complexity index is 1600. The number of hydrogen-bond acceptors (Lipinski definition) is 11. The summed E-state index contributed by atoms with van der Waals surface area (Å²) in [5, 5.41) is 23.0. The summed E-state index contributed by atoms with van der Waals surface area (Å²) in [6.07, 6.45) is 2.15. The molecule has 0 amide bonds. The lowest BCUT2D eigenvalue weighted by molar-refractivity contribution is -0.123. The molecule has 2 aromatic heterocycles. The zero-order chi connectivity index (χ0) is 30.1. The van der Waals surface area contributed by atoms with Crippen LogP contribution in [0.2, 0.25) is 0 Å². The van der Waals surface area contributed by atoms with Crippen molar-refractivity contribution in [3.8, 4) is 11.5 Å². The number of rotatable bonds is 17. The summed E-state index contributed by atoms with van der Waals surface area (Å²) < 4.78 is 48.6. The Morgan fingerprint density at radius 1 is 1.21 bits per heavy atom. The molecule has 2 aromatic carbocycles. The van der Waals surface area contributed by atoms with Gasteiger partial charge in [0.15, 0.2) is 5.78 Å². The van der Waals surface area contributed by atoms with E-state index in [-0.39, 0.29) is 42.3 Å².